The number of carbonyl (C=O) groups is 1. The van der Waals surface area contributed by atoms with E-state index in [2.05, 4.69) is 5.32 Å². The minimum absolute atomic E-state index is 0.0107. The van der Waals surface area contributed by atoms with Crippen molar-refractivity contribution in [1.82, 2.24) is 10.2 Å². The predicted molar refractivity (Wildman–Crippen MR) is 52.8 cm³/mol. The topological polar surface area (TPSA) is 52.6 Å². The van der Waals surface area contributed by atoms with Crippen LogP contribution in [0.1, 0.15) is 25.7 Å². The number of rotatable bonds is 1. The molecule has 0 aromatic carbocycles. The van der Waals surface area contributed by atoms with Gasteiger partial charge in [0.05, 0.1) is 12.1 Å². The van der Waals surface area contributed by atoms with Crippen molar-refractivity contribution >= 4 is 5.91 Å². The molecule has 0 aromatic heterocycles. The number of hydrogen-bond acceptors (Lipinski definition) is 3. The van der Waals surface area contributed by atoms with Gasteiger partial charge in [-0.25, -0.2) is 0 Å². The summed E-state index contributed by atoms with van der Waals surface area (Å²) in [5.41, 5.74) is 0. The highest BCUT2D eigenvalue weighted by Crippen LogP contribution is 2.18. The summed E-state index contributed by atoms with van der Waals surface area (Å²) >= 11 is 0. The largest absolute Gasteiger partial charge is 0.391 e. The Labute approximate surface area is 84.3 Å². The lowest BCUT2D eigenvalue weighted by molar-refractivity contribution is -0.139. The number of piperidine rings is 2. The molecule has 2 atom stereocenters. The van der Waals surface area contributed by atoms with Gasteiger partial charge >= 0.3 is 0 Å². The Morgan fingerprint density at radius 1 is 1.43 bits per heavy atom. The standard InChI is InChI=1S/C10H18N2O2/c13-9-4-5-11-7-8(9)12-6-2-1-3-10(12)14/h8-9,11,13H,1-7H2. The lowest BCUT2D eigenvalue weighted by atomic mass is 9.99. The highest BCUT2D eigenvalue weighted by molar-refractivity contribution is 5.77. The molecule has 1 amide bonds. The number of hydrogen-bond donors (Lipinski definition) is 2. The van der Waals surface area contributed by atoms with Crippen LogP contribution in [0.3, 0.4) is 0 Å². The van der Waals surface area contributed by atoms with E-state index in [1.165, 1.54) is 0 Å². The fourth-order valence-electron chi connectivity index (χ4n) is 2.32. The third-order valence-electron chi connectivity index (χ3n) is 3.17. The average Bonchev–Trinajstić information content (AvgIpc) is 2.20. The van der Waals surface area contributed by atoms with E-state index < -0.39 is 0 Å². The van der Waals surface area contributed by atoms with Gasteiger partial charge in [-0.2, -0.15) is 0 Å². The highest BCUT2D eigenvalue weighted by atomic mass is 16.3. The van der Waals surface area contributed by atoms with Gasteiger partial charge in [0.25, 0.3) is 0 Å². The first-order valence-electron chi connectivity index (χ1n) is 5.47. The molecule has 0 bridgehead atoms. The van der Waals surface area contributed by atoms with E-state index in [0.29, 0.717) is 6.42 Å². The Morgan fingerprint density at radius 2 is 2.29 bits per heavy atom. The Kier molecular flexibility index (Phi) is 3.03. The van der Waals surface area contributed by atoms with Gasteiger partial charge in [-0.3, -0.25) is 4.79 Å². The summed E-state index contributed by atoms with van der Waals surface area (Å²) in [4.78, 5) is 13.5. The number of carbonyl (C=O) groups excluding carboxylic acids is 1. The molecular weight excluding hydrogens is 180 g/mol. The van der Waals surface area contributed by atoms with Gasteiger partial charge in [0.15, 0.2) is 0 Å². The van der Waals surface area contributed by atoms with Crippen molar-refractivity contribution in [3.05, 3.63) is 0 Å². The summed E-state index contributed by atoms with van der Waals surface area (Å²) in [5, 5.41) is 13.0. The van der Waals surface area contributed by atoms with Crippen LogP contribution >= 0.6 is 0 Å². The maximum atomic E-state index is 11.6. The summed E-state index contributed by atoms with van der Waals surface area (Å²) in [5.74, 6) is 0.212. The quantitative estimate of drug-likeness (QED) is 0.609. The number of nitrogens with zero attached hydrogens (tertiary/aromatic N) is 1. The second-order valence-electron chi connectivity index (χ2n) is 4.17. The Balaban J connectivity index is 2.00. The Bertz CT molecular complexity index is 220. The summed E-state index contributed by atoms with van der Waals surface area (Å²) in [6.07, 6.45) is 3.16. The number of aliphatic hydroxyl groups is 1. The van der Waals surface area contributed by atoms with Crippen LogP contribution < -0.4 is 5.32 Å². The molecule has 0 saturated carbocycles. The first kappa shape index (κ1) is 9.93. The van der Waals surface area contributed by atoms with E-state index in [4.69, 9.17) is 0 Å². The van der Waals surface area contributed by atoms with Gasteiger partial charge < -0.3 is 15.3 Å². The lowest BCUT2D eigenvalue weighted by Gasteiger charge is -2.39. The van der Waals surface area contributed by atoms with Crippen LogP contribution in [-0.2, 0) is 4.79 Å². The van der Waals surface area contributed by atoms with E-state index in [1.54, 1.807) is 0 Å². The van der Waals surface area contributed by atoms with Crippen LogP contribution in [0.15, 0.2) is 0 Å². The van der Waals surface area contributed by atoms with E-state index in [0.717, 1.165) is 38.9 Å². The van der Waals surface area contributed by atoms with Crippen LogP contribution in [0.2, 0.25) is 0 Å². The molecule has 2 aliphatic heterocycles. The average molecular weight is 198 g/mol. The molecule has 4 nitrogen and oxygen atoms in total. The first-order valence-corrected chi connectivity index (χ1v) is 5.47. The first-order chi connectivity index (χ1) is 6.79. The van der Waals surface area contributed by atoms with E-state index in [1.807, 2.05) is 4.90 Å². The molecule has 14 heavy (non-hydrogen) atoms. The molecule has 80 valence electrons. The van der Waals surface area contributed by atoms with Gasteiger partial charge in [0, 0.05) is 19.5 Å². The molecule has 2 fully saturated rings. The minimum atomic E-state index is -0.335. The fraction of sp³-hybridized carbons (Fsp3) is 0.900. The second-order valence-corrected chi connectivity index (χ2v) is 4.17. The second kappa shape index (κ2) is 4.28. The maximum Gasteiger partial charge on any atom is 0.222 e. The van der Waals surface area contributed by atoms with Crippen LogP contribution in [-0.4, -0.2) is 47.7 Å². The number of nitrogens with one attached hydrogen (secondary N) is 1. The predicted octanol–water partition coefficient (Wildman–Crippen LogP) is -0.278. The summed E-state index contributed by atoms with van der Waals surface area (Å²) in [7, 11) is 0. The van der Waals surface area contributed by atoms with Crippen LogP contribution in [0.5, 0.6) is 0 Å². The normalized spacial score (nSPS) is 34.6. The van der Waals surface area contributed by atoms with Crippen LogP contribution in [0.4, 0.5) is 0 Å². The third kappa shape index (κ3) is 1.91. The lowest BCUT2D eigenvalue weighted by Crippen LogP contribution is -2.56. The van der Waals surface area contributed by atoms with Crippen molar-refractivity contribution in [2.45, 2.75) is 37.8 Å². The Hall–Kier alpha value is -0.610. The van der Waals surface area contributed by atoms with Crippen molar-refractivity contribution in [3.8, 4) is 0 Å². The van der Waals surface area contributed by atoms with E-state index in [-0.39, 0.29) is 18.1 Å². The number of aliphatic hydroxyl groups excluding tert-OH is 1. The molecule has 0 aromatic rings. The number of amides is 1. The highest BCUT2D eigenvalue weighted by Gasteiger charge is 2.32. The molecule has 0 spiro atoms. The smallest absolute Gasteiger partial charge is 0.222 e. The molecule has 2 rings (SSSR count). The fourth-order valence-corrected chi connectivity index (χ4v) is 2.32. The van der Waals surface area contributed by atoms with Gasteiger partial charge in [-0.1, -0.05) is 0 Å². The molecule has 2 aliphatic rings. The summed E-state index contributed by atoms with van der Waals surface area (Å²) < 4.78 is 0. The van der Waals surface area contributed by atoms with E-state index >= 15 is 0 Å². The van der Waals surface area contributed by atoms with Crippen molar-refractivity contribution < 1.29 is 9.90 Å². The monoisotopic (exact) mass is 198 g/mol. The van der Waals surface area contributed by atoms with Gasteiger partial charge in [0.1, 0.15) is 0 Å². The molecule has 2 saturated heterocycles. The Morgan fingerprint density at radius 3 is 3.00 bits per heavy atom. The van der Waals surface area contributed by atoms with Crippen molar-refractivity contribution in [1.29, 1.82) is 0 Å². The van der Waals surface area contributed by atoms with E-state index in [9.17, 15) is 9.90 Å². The molecule has 0 aliphatic carbocycles. The zero-order valence-electron chi connectivity index (χ0n) is 8.41. The van der Waals surface area contributed by atoms with Gasteiger partial charge in [-0.05, 0) is 25.8 Å². The SMILES string of the molecule is O=C1CCCCN1C1CNCCC1O. The molecule has 0 radical (unpaired) electrons. The van der Waals surface area contributed by atoms with Crippen LogP contribution in [0.25, 0.3) is 0 Å². The molecule has 2 heterocycles. The summed E-state index contributed by atoms with van der Waals surface area (Å²) in [6, 6.07) is 0.0107. The van der Waals surface area contributed by atoms with Crippen LogP contribution in [0, 0.1) is 0 Å². The summed E-state index contributed by atoms with van der Waals surface area (Å²) in [6.45, 7) is 2.43. The maximum absolute atomic E-state index is 11.6. The zero-order valence-corrected chi connectivity index (χ0v) is 8.41. The minimum Gasteiger partial charge on any atom is -0.391 e. The molecule has 4 heteroatoms. The molecule has 2 unspecified atom stereocenters. The third-order valence-corrected chi connectivity index (χ3v) is 3.17. The van der Waals surface area contributed by atoms with Gasteiger partial charge in [-0.15, -0.1) is 0 Å². The van der Waals surface area contributed by atoms with Crippen molar-refractivity contribution in [2.75, 3.05) is 19.6 Å². The molecular formula is C10H18N2O2. The number of likely N-dealkylation sites (tertiary alicyclic amines) is 1. The zero-order chi connectivity index (χ0) is 9.97. The molecule has 2 N–H and O–H groups in total. The van der Waals surface area contributed by atoms with Gasteiger partial charge in [0.2, 0.25) is 5.91 Å². The van der Waals surface area contributed by atoms with Crippen molar-refractivity contribution in [3.63, 3.8) is 0 Å². The van der Waals surface area contributed by atoms with Crippen molar-refractivity contribution in [2.24, 2.45) is 0 Å².